The summed E-state index contributed by atoms with van der Waals surface area (Å²) in [6.07, 6.45) is -4.71. The van der Waals surface area contributed by atoms with Crippen molar-refractivity contribution in [2.24, 2.45) is 5.14 Å². The molecule has 1 aromatic heterocycles. The Bertz CT molecular complexity index is 1370. The predicted octanol–water partition coefficient (Wildman–Crippen LogP) is 5.48. The molecule has 4 aromatic rings. The Kier molecular flexibility index (Phi) is 5.86. The highest BCUT2D eigenvalue weighted by molar-refractivity contribution is 14.1. The maximum Gasteiger partial charge on any atom is 0.435 e. The SMILES string of the molecule is NS(=O)(=O)c1ccc(-c2c(-c3ccccc3)c(C(F)(F)F)nn2-c2ccc(I)cc2)cc1. The lowest BCUT2D eigenvalue weighted by Gasteiger charge is -2.12. The fraction of sp³-hybridized carbons (Fsp3) is 0.0455. The lowest BCUT2D eigenvalue weighted by atomic mass is 9.98. The van der Waals surface area contributed by atoms with Gasteiger partial charge in [-0.1, -0.05) is 42.5 Å². The van der Waals surface area contributed by atoms with Gasteiger partial charge < -0.3 is 0 Å². The molecule has 2 N–H and O–H groups in total. The smallest absolute Gasteiger partial charge is 0.232 e. The van der Waals surface area contributed by atoms with Crippen molar-refractivity contribution in [2.45, 2.75) is 11.1 Å². The zero-order valence-electron chi connectivity index (χ0n) is 16.2. The standard InChI is InChI=1S/C22H15F3IN3O2S/c23-22(24,25)21-19(14-4-2-1-3-5-14)20(15-6-12-18(13-7-15)32(27,30)31)29(28-21)17-10-8-16(26)9-11-17/h1-13H,(H2,27,30,31). The summed E-state index contributed by atoms with van der Waals surface area (Å²) in [5.74, 6) is 0. The van der Waals surface area contributed by atoms with Crippen LogP contribution in [0.15, 0.2) is 83.8 Å². The van der Waals surface area contributed by atoms with Crippen LogP contribution in [0.1, 0.15) is 5.69 Å². The number of nitrogens with two attached hydrogens (primary N) is 1. The largest absolute Gasteiger partial charge is 0.435 e. The molecule has 32 heavy (non-hydrogen) atoms. The molecule has 4 rings (SSSR count). The Labute approximate surface area is 195 Å². The lowest BCUT2D eigenvalue weighted by Crippen LogP contribution is -2.11. The molecule has 0 spiro atoms. The van der Waals surface area contributed by atoms with Gasteiger partial charge >= 0.3 is 6.18 Å². The van der Waals surface area contributed by atoms with Crippen LogP contribution in [0.3, 0.4) is 0 Å². The first-order valence-corrected chi connectivity index (χ1v) is 11.8. The average Bonchev–Trinajstić information content (AvgIpc) is 3.15. The van der Waals surface area contributed by atoms with Crippen LogP contribution < -0.4 is 5.14 Å². The van der Waals surface area contributed by atoms with Crippen molar-refractivity contribution in [2.75, 3.05) is 0 Å². The van der Waals surface area contributed by atoms with Gasteiger partial charge in [0.15, 0.2) is 5.69 Å². The Morgan fingerprint density at radius 1 is 0.844 bits per heavy atom. The Balaban J connectivity index is 2.07. The molecule has 5 nitrogen and oxygen atoms in total. The van der Waals surface area contributed by atoms with Gasteiger partial charge in [0.2, 0.25) is 10.0 Å². The molecule has 0 unspecified atom stereocenters. The van der Waals surface area contributed by atoms with Gasteiger partial charge in [-0.15, -0.1) is 0 Å². The number of hydrogen-bond donors (Lipinski definition) is 1. The van der Waals surface area contributed by atoms with Gasteiger partial charge in [0, 0.05) is 14.7 Å². The van der Waals surface area contributed by atoms with Crippen LogP contribution in [0.5, 0.6) is 0 Å². The fourth-order valence-electron chi connectivity index (χ4n) is 3.33. The van der Waals surface area contributed by atoms with E-state index in [1.807, 2.05) is 0 Å². The van der Waals surface area contributed by atoms with Crippen molar-refractivity contribution >= 4 is 32.6 Å². The maximum absolute atomic E-state index is 14.1. The van der Waals surface area contributed by atoms with E-state index in [1.54, 1.807) is 54.6 Å². The van der Waals surface area contributed by atoms with E-state index in [4.69, 9.17) is 5.14 Å². The Morgan fingerprint density at radius 2 is 1.44 bits per heavy atom. The van der Waals surface area contributed by atoms with Crippen molar-refractivity contribution in [1.82, 2.24) is 9.78 Å². The molecule has 0 aliphatic carbocycles. The number of alkyl halides is 3. The van der Waals surface area contributed by atoms with Gasteiger partial charge in [-0.2, -0.15) is 18.3 Å². The third-order valence-electron chi connectivity index (χ3n) is 4.74. The van der Waals surface area contributed by atoms with E-state index in [1.165, 1.54) is 28.9 Å². The van der Waals surface area contributed by atoms with E-state index in [0.717, 1.165) is 3.57 Å². The maximum atomic E-state index is 14.1. The second kappa shape index (κ2) is 8.34. The first-order chi connectivity index (χ1) is 15.1. The summed E-state index contributed by atoms with van der Waals surface area (Å²) in [5, 5.41) is 9.12. The van der Waals surface area contributed by atoms with E-state index < -0.39 is 21.9 Å². The van der Waals surface area contributed by atoms with Crippen LogP contribution in [0.2, 0.25) is 0 Å². The quantitative estimate of drug-likeness (QED) is 0.331. The van der Waals surface area contributed by atoms with Gasteiger partial charge in [0.25, 0.3) is 0 Å². The molecule has 0 saturated carbocycles. The van der Waals surface area contributed by atoms with Gasteiger partial charge in [-0.3, -0.25) is 0 Å². The number of hydrogen-bond acceptors (Lipinski definition) is 3. The zero-order chi connectivity index (χ0) is 23.1. The summed E-state index contributed by atoms with van der Waals surface area (Å²) in [5.41, 5.74) is 0.182. The fourth-order valence-corrected chi connectivity index (χ4v) is 4.21. The number of primary sulfonamides is 1. The zero-order valence-corrected chi connectivity index (χ0v) is 19.2. The van der Waals surface area contributed by atoms with E-state index in [0.29, 0.717) is 16.8 Å². The Hall–Kier alpha value is -2.70. The van der Waals surface area contributed by atoms with E-state index in [9.17, 15) is 21.6 Å². The molecule has 0 radical (unpaired) electrons. The highest BCUT2D eigenvalue weighted by Crippen LogP contribution is 2.43. The molecular formula is C22H15F3IN3O2S. The molecule has 0 atom stereocenters. The minimum absolute atomic E-state index is 0.0972. The number of benzene rings is 3. The van der Waals surface area contributed by atoms with Crippen LogP contribution in [0.4, 0.5) is 13.2 Å². The molecule has 0 amide bonds. The lowest BCUT2D eigenvalue weighted by molar-refractivity contribution is -0.140. The number of sulfonamides is 1. The summed E-state index contributed by atoms with van der Waals surface area (Å²) in [4.78, 5) is -0.140. The second-order valence-electron chi connectivity index (χ2n) is 6.89. The molecule has 1 heterocycles. The van der Waals surface area contributed by atoms with Crippen molar-refractivity contribution in [3.8, 4) is 28.1 Å². The monoisotopic (exact) mass is 569 g/mol. The second-order valence-corrected chi connectivity index (χ2v) is 9.70. The Morgan fingerprint density at radius 3 is 1.97 bits per heavy atom. The third-order valence-corrected chi connectivity index (χ3v) is 6.39. The van der Waals surface area contributed by atoms with Crippen molar-refractivity contribution < 1.29 is 21.6 Å². The van der Waals surface area contributed by atoms with Crippen LogP contribution in [0, 0.1) is 3.57 Å². The predicted molar refractivity (Wildman–Crippen MR) is 124 cm³/mol. The molecule has 0 aliphatic rings. The summed E-state index contributed by atoms with van der Waals surface area (Å²) in [7, 11) is -3.95. The van der Waals surface area contributed by atoms with Crippen LogP contribution >= 0.6 is 22.6 Å². The first kappa shape index (κ1) is 22.5. The molecule has 0 saturated heterocycles. The van der Waals surface area contributed by atoms with Crippen molar-refractivity contribution in [3.63, 3.8) is 0 Å². The molecular weight excluding hydrogens is 554 g/mol. The number of rotatable bonds is 4. The summed E-state index contributed by atoms with van der Waals surface area (Å²) < 4.78 is 67.6. The summed E-state index contributed by atoms with van der Waals surface area (Å²) >= 11 is 2.10. The van der Waals surface area contributed by atoms with Crippen LogP contribution in [-0.4, -0.2) is 18.2 Å². The molecule has 0 bridgehead atoms. The molecule has 10 heteroatoms. The topological polar surface area (TPSA) is 78.0 Å². The van der Waals surface area contributed by atoms with Crippen molar-refractivity contribution in [1.29, 1.82) is 0 Å². The number of halogens is 4. The van der Waals surface area contributed by atoms with Crippen LogP contribution in [0.25, 0.3) is 28.1 Å². The first-order valence-electron chi connectivity index (χ1n) is 9.20. The third kappa shape index (κ3) is 4.43. The summed E-state index contributed by atoms with van der Waals surface area (Å²) in [6.45, 7) is 0. The number of nitrogens with zero attached hydrogens (tertiary/aromatic N) is 2. The van der Waals surface area contributed by atoms with Gasteiger partial charge in [-0.05, 0) is 64.6 Å². The minimum Gasteiger partial charge on any atom is -0.232 e. The van der Waals surface area contributed by atoms with E-state index in [2.05, 4.69) is 27.7 Å². The molecule has 0 fully saturated rings. The molecule has 3 aromatic carbocycles. The van der Waals surface area contributed by atoms with Gasteiger partial charge in [-0.25, -0.2) is 18.2 Å². The minimum atomic E-state index is -4.71. The normalized spacial score (nSPS) is 12.2. The van der Waals surface area contributed by atoms with Crippen molar-refractivity contribution in [3.05, 3.63) is 88.1 Å². The van der Waals surface area contributed by atoms with E-state index in [-0.39, 0.29) is 16.2 Å². The van der Waals surface area contributed by atoms with Gasteiger partial charge in [0.05, 0.1) is 16.3 Å². The highest BCUT2D eigenvalue weighted by atomic mass is 127. The van der Waals surface area contributed by atoms with Gasteiger partial charge in [0.1, 0.15) is 0 Å². The summed E-state index contributed by atoms with van der Waals surface area (Å²) in [6, 6.07) is 20.4. The molecule has 0 aliphatic heterocycles. The van der Waals surface area contributed by atoms with Crippen LogP contribution in [-0.2, 0) is 16.2 Å². The average molecular weight is 569 g/mol. The number of aromatic nitrogens is 2. The highest BCUT2D eigenvalue weighted by Gasteiger charge is 2.40. The van der Waals surface area contributed by atoms with E-state index >= 15 is 0 Å². The molecule has 164 valence electrons.